The molecule has 0 saturated carbocycles. The normalized spacial score (nSPS) is 29.7. The van der Waals surface area contributed by atoms with Crippen molar-refractivity contribution in [3.63, 3.8) is 0 Å². The Kier molecular flexibility index (Phi) is 2.20. The van der Waals surface area contributed by atoms with E-state index in [1.165, 1.54) is 11.3 Å². The highest BCUT2D eigenvalue weighted by Gasteiger charge is 2.34. The van der Waals surface area contributed by atoms with Gasteiger partial charge in [-0.15, -0.1) is 11.3 Å². The van der Waals surface area contributed by atoms with Crippen molar-refractivity contribution in [3.8, 4) is 0 Å². The number of hydrogen-bond acceptors (Lipinski definition) is 6. The first-order chi connectivity index (χ1) is 6.16. The summed E-state index contributed by atoms with van der Waals surface area (Å²) in [5, 5.41) is 2.33. The van der Waals surface area contributed by atoms with E-state index in [1.807, 2.05) is 12.3 Å². The van der Waals surface area contributed by atoms with Gasteiger partial charge in [-0.3, -0.25) is 0 Å². The van der Waals surface area contributed by atoms with E-state index in [1.54, 1.807) is 0 Å². The monoisotopic (exact) mass is 201 g/mol. The smallest absolute Gasteiger partial charge is 0.184 e. The van der Waals surface area contributed by atoms with Crippen molar-refractivity contribution in [1.29, 1.82) is 0 Å². The van der Waals surface area contributed by atoms with Crippen LogP contribution in [0, 0.1) is 0 Å². The maximum absolute atomic E-state index is 5.81. The molecule has 0 bridgehead atoms. The quantitative estimate of drug-likeness (QED) is 0.725. The minimum absolute atomic E-state index is 0.160. The van der Waals surface area contributed by atoms with Crippen molar-refractivity contribution in [3.05, 3.63) is 11.1 Å². The van der Waals surface area contributed by atoms with Gasteiger partial charge in [0.05, 0.1) is 11.7 Å². The molecule has 1 saturated heterocycles. The highest BCUT2D eigenvalue weighted by atomic mass is 32.1. The fourth-order valence-corrected chi connectivity index (χ4v) is 1.76. The van der Waals surface area contributed by atoms with Gasteiger partial charge in [0.15, 0.2) is 17.7 Å². The standard InChI is InChI=1S/C7H11N3O2S/c1-3-11-6(12-3)5(8)4-2-13-7(9)10-4/h2-3,5-6H,8H2,1H3,(H2,9,10). The zero-order valence-corrected chi connectivity index (χ0v) is 7.95. The van der Waals surface area contributed by atoms with E-state index in [4.69, 9.17) is 20.9 Å². The van der Waals surface area contributed by atoms with Crippen LogP contribution in [0.25, 0.3) is 0 Å². The molecule has 0 aliphatic carbocycles. The molecule has 0 amide bonds. The van der Waals surface area contributed by atoms with Crippen molar-refractivity contribution >= 4 is 16.5 Å². The third-order valence-electron chi connectivity index (χ3n) is 1.83. The largest absolute Gasteiger partial charge is 0.375 e. The summed E-state index contributed by atoms with van der Waals surface area (Å²) in [5.74, 6) is 0. The zero-order chi connectivity index (χ0) is 9.42. The molecule has 0 radical (unpaired) electrons. The van der Waals surface area contributed by atoms with Gasteiger partial charge >= 0.3 is 0 Å². The van der Waals surface area contributed by atoms with Crippen molar-refractivity contribution in [2.45, 2.75) is 25.5 Å². The Morgan fingerprint density at radius 1 is 1.62 bits per heavy atom. The Morgan fingerprint density at radius 3 is 2.77 bits per heavy atom. The molecule has 1 aromatic rings. The van der Waals surface area contributed by atoms with Crippen LogP contribution in [0.5, 0.6) is 0 Å². The molecule has 0 aromatic carbocycles. The molecule has 6 heteroatoms. The number of rotatable bonds is 2. The topological polar surface area (TPSA) is 83.4 Å². The molecule has 1 atom stereocenters. The second kappa shape index (κ2) is 3.22. The molecule has 2 rings (SSSR count). The van der Waals surface area contributed by atoms with Crippen LogP contribution in [0.4, 0.5) is 5.13 Å². The molecular formula is C7H11N3O2S. The van der Waals surface area contributed by atoms with Crippen LogP contribution in [0.15, 0.2) is 5.38 Å². The Morgan fingerprint density at radius 2 is 2.31 bits per heavy atom. The predicted octanol–water partition coefficient (Wildman–Crippen LogP) is 0.444. The Bertz CT molecular complexity index is 298. The van der Waals surface area contributed by atoms with E-state index >= 15 is 0 Å². The third kappa shape index (κ3) is 1.66. The van der Waals surface area contributed by atoms with Crippen LogP contribution in [0.2, 0.25) is 0 Å². The van der Waals surface area contributed by atoms with E-state index in [0.717, 1.165) is 5.69 Å². The molecule has 1 aliphatic heterocycles. The van der Waals surface area contributed by atoms with Gasteiger partial charge in [-0.2, -0.15) is 0 Å². The van der Waals surface area contributed by atoms with Crippen molar-refractivity contribution in [1.82, 2.24) is 4.98 Å². The van der Waals surface area contributed by atoms with Crippen LogP contribution in [0.3, 0.4) is 0 Å². The van der Waals surface area contributed by atoms with Crippen LogP contribution >= 0.6 is 11.3 Å². The van der Waals surface area contributed by atoms with Gasteiger partial charge in [-0.1, -0.05) is 0 Å². The summed E-state index contributed by atoms with van der Waals surface area (Å²) in [5.41, 5.74) is 12.0. The lowest BCUT2D eigenvalue weighted by Crippen LogP contribution is -2.45. The molecule has 2 heterocycles. The Balaban J connectivity index is 2.01. The Hall–Kier alpha value is -0.690. The molecule has 1 fully saturated rings. The number of ether oxygens (including phenoxy) is 2. The fraction of sp³-hybridized carbons (Fsp3) is 0.571. The number of hydrogen-bond donors (Lipinski definition) is 2. The third-order valence-corrected chi connectivity index (χ3v) is 2.52. The SMILES string of the molecule is CC1OC(C(N)c2csc(N)n2)O1. The summed E-state index contributed by atoms with van der Waals surface area (Å²) < 4.78 is 10.5. The summed E-state index contributed by atoms with van der Waals surface area (Å²) in [6.07, 6.45) is -0.538. The molecule has 1 aromatic heterocycles. The van der Waals surface area contributed by atoms with Crippen LogP contribution in [-0.4, -0.2) is 17.6 Å². The summed E-state index contributed by atoms with van der Waals surface area (Å²) >= 11 is 1.36. The van der Waals surface area contributed by atoms with Crippen LogP contribution in [-0.2, 0) is 9.47 Å². The first kappa shape index (κ1) is 8.89. The molecular weight excluding hydrogens is 190 g/mol. The van der Waals surface area contributed by atoms with Crippen LogP contribution in [0.1, 0.15) is 18.7 Å². The van der Waals surface area contributed by atoms with E-state index < -0.39 is 0 Å². The summed E-state index contributed by atoms with van der Waals surface area (Å²) in [6, 6.07) is -0.343. The average Bonchev–Trinajstić information content (AvgIpc) is 2.45. The fourth-order valence-electron chi connectivity index (χ4n) is 1.15. The minimum atomic E-state index is -0.378. The maximum Gasteiger partial charge on any atom is 0.184 e. The molecule has 13 heavy (non-hydrogen) atoms. The number of nitrogens with two attached hydrogens (primary N) is 2. The molecule has 5 nitrogen and oxygen atoms in total. The van der Waals surface area contributed by atoms with Gasteiger partial charge in [-0.05, 0) is 6.92 Å². The van der Waals surface area contributed by atoms with E-state index in [9.17, 15) is 0 Å². The highest BCUT2D eigenvalue weighted by Crippen LogP contribution is 2.28. The summed E-state index contributed by atoms with van der Waals surface area (Å²) in [4.78, 5) is 4.05. The average molecular weight is 201 g/mol. The van der Waals surface area contributed by atoms with E-state index in [-0.39, 0.29) is 18.6 Å². The maximum atomic E-state index is 5.81. The zero-order valence-electron chi connectivity index (χ0n) is 7.14. The van der Waals surface area contributed by atoms with Gasteiger partial charge in [0.25, 0.3) is 0 Å². The van der Waals surface area contributed by atoms with E-state index in [2.05, 4.69) is 4.98 Å². The first-order valence-electron chi connectivity index (χ1n) is 3.94. The second-order valence-corrected chi connectivity index (χ2v) is 3.73. The summed E-state index contributed by atoms with van der Waals surface area (Å²) in [7, 11) is 0. The van der Waals surface area contributed by atoms with Crippen LogP contribution < -0.4 is 11.5 Å². The molecule has 1 unspecified atom stereocenters. The van der Waals surface area contributed by atoms with Crippen molar-refractivity contribution < 1.29 is 9.47 Å². The molecule has 0 spiro atoms. The Labute approximate surface area is 79.7 Å². The number of thiazole rings is 1. The molecule has 72 valence electrons. The number of nitrogens with zero attached hydrogens (tertiary/aromatic N) is 1. The highest BCUT2D eigenvalue weighted by molar-refractivity contribution is 7.13. The van der Waals surface area contributed by atoms with Crippen molar-refractivity contribution in [2.75, 3.05) is 5.73 Å². The number of nitrogen functional groups attached to an aromatic ring is 1. The van der Waals surface area contributed by atoms with Gasteiger partial charge < -0.3 is 20.9 Å². The van der Waals surface area contributed by atoms with Gasteiger partial charge in [-0.25, -0.2) is 4.98 Å². The minimum Gasteiger partial charge on any atom is -0.375 e. The van der Waals surface area contributed by atoms with Gasteiger partial charge in [0.2, 0.25) is 0 Å². The number of anilines is 1. The lowest BCUT2D eigenvalue weighted by molar-refractivity contribution is -0.382. The predicted molar refractivity (Wildman–Crippen MR) is 48.9 cm³/mol. The number of aromatic nitrogens is 1. The first-order valence-corrected chi connectivity index (χ1v) is 4.82. The van der Waals surface area contributed by atoms with Gasteiger partial charge in [0.1, 0.15) is 0 Å². The van der Waals surface area contributed by atoms with Gasteiger partial charge in [0, 0.05) is 5.38 Å². The lowest BCUT2D eigenvalue weighted by atomic mass is 10.2. The summed E-state index contributed by atoms with van der Waals surface area (Å²) in [6.45, 7) is 1.82. The molecule has 4 N–H and O–H groups in total. The lowest BCUT2D eigenvalue weighted by Gasteiger charge is -2.36. The molecule has 1 aliphatic rings. The van der Waals surface area contributed by atoms with Crippen molar-refractivity contribution in [2.24, 2.45) is 5.73 Å². The second-order valence-electron chi connectivity index (χ2n) is 2.84. The van der Waals surface area contributed by atoms with E-state index in [0.29, 0.717) is 5.13 Å².